The van der Waals surface area contributed by atoms with Crippen molar-refractivity contribution in [1.82, 2.24) is 25.0 Å². The minimum absolute atomic E-state index is 0.0740. The average Bonchev–Trinajstić information content (AvgIpc) is 3.10. The van der Waals surface area contributed by atoms with Crippen molar-refractivity contribution in [3.63, 3.8) is 0 Å². The predicted octanol–water partition coefficient (Wildman–Crippen LogP) is 3.48. The standard InChI is InChI=1S/C19H26F3N5O/c1-5-26(6-2)10-9-23-18(28)15-12-25-27(17(15)13(3)4)16-8-7-14(11-24-16)19(20,21)22/h7-8,11-13H,5-6,9-10H2,1-4H3,(H,23,28). The van der Waals surface area contributed by atoms with Gasteiger partial charge in [-0.25, -0.2) is 9.67 Å². The van der Waals surface area contributed by atoms with Gasteiger partial charge < -0.3 is 10.2 Å². The summed E-state index contributed by atoms with van der Waals surface area (Å²) in [5.41, 5.74) is 0.174. The third kappa shape index (κ3) is 5.09. The van der Waals surface area contributed by atoms with Gasteiger partial charge in [0.25, 0.3) is 5.91 Å². The summed E-state index contributed by atoms with van der Waals surface area (Å²) in [7, 11) is 0. The molecule has 0 saturated heterocycles. The van der Waals surface area contributed by atoms with Gasteiger partial charge in [0.1, 0.15) is 0 Å². The fourth-order valence-corrected chi connectivity index (χ4v) is 2.91. The van der Waals surface area contributed by atoms with E-state index < -0.39 is 11.7 Å². The molecule has 9 heteroatoms. The number of halogens is 3. The molecular weight excluding hydrogens is 371 g/mol. The molecule has 0 radical (unpaired) electrons. The van der Waals surface area contributed by atoms with Gasteiger partial charge in [-0.3, -0.25) is 4.79 Å². The molecule has 1 N–H and O–H groups in total. The van der Waals surface area contributed by atoms with E-state index in [1.54, 1.807) is 0 Å². The average molecular weight is 397 g/mol. The number of nitrogens with one attached hydrogen (secondary N) is 1. The predicted molar refractivity (Wildman–Crippen MR) is 101 cm³/mol. The summed E-state index contributed by atoms with van der Waals surface area (Å²) in [5, 5.41) is 7.08. The normalized spacial score (nSPS) is 12.0. The largest absolute Gasteiger partial charge is 0.417 e. The van der Waals surface area contributed by atoms with Crippen molar-refractivity contribution in [2.75, 3.05) is 26.2 Å². The molecule has 0 aliphatic carbocycles. The Morgan fingerprint density at radius 2 is 1.89 bits per heavy atom. The highest BCUT2D eigenvalue weighted by Crippen LogP contribution is 2.29. The molecular formula is C19H26F3N5O. The van der Waals surface area contributed by atoms with E-state index in [0.717, 1.165) is 31.9 Å². The smallest absolute Gasteiger partial charge is 0.351 e. The van der Waals surface area contributed by atoms with E-state index in [0.29, 0.717) is 17.8 Å². The van der Waals surface area contributed by atoms with Gasteiger partial charge in [0, 0.05) is 19.3 Å². The maximum absolute atomic E-state index is 12.7. The first-order valence-corrected chi connectivity index (χ1v) is 9.31. The van der Waals surface area contributed by atoms with Crippen LogP contribution in [0, 0.1) is 0 Å². The molecule has 0 saturated carbocycles. The van der Waals surface area contributed by atoms with Gasteiger partial charge in [-0.1, -0.05) is 27.7 Å². The van der Waals surface area contributed by atoms with Crippen LogP contribution in [0.1, 0.15) is 55.2 Å². The molecule has 2 aromatic heterocycles. The zero-order valence-corrected chi connectivity index (χ0v) is 16.5. The van der Waals surface area contributed by atoms with Crippen LogP contribution in [0.15, 0.2) is 24.5 Å². The number of aromatic nitrogens is 3. The molecule has 0 bridgehead atoms. The number of likely N-dealkylation sites (N-methyl/N-ethyl adjacent to an activating group) is 1. The van der Waals surface area contributed by atoms with E-state index in [-0.39, 0.29) is 17.6 Å². The minimum Gasteiger partial charge on any atom is -0.351 e. The highest BCUT2D eigenvalue weighted by Gasteiger charge is 2.31. The molecule has 2 heterocycles. The molecule has 154 valence electrons. The van der Waals surface area contributed by atoms with E-state index in [1.807, 2.05) is 13.8 Å². The van der Waals surface area contributed by atoms with Gasteiger partial charge in [0.2, 0.25) is 0 Å². The van der Waals surface area contributed by atoms with Crippen LogP contribution in [0.4, 0.5) is 13.2 Å². The number of hydrogen-bond acceptors (Lipinski definition) is 4. The van der Waals surface area contributed by atoms with Crippen LogP contribution in [0.25, 0.3) is 5.82 Å². The molecule has 0 aromatic carbocycles. The Hall–Kier alpha value is -2.42. The quantitative estimate of drug-likeness (QED) is 0.741. The van der Waals surface area contributed by atoms with E-state index >= 15 is 0 Å². The summed E-state index contributed by atoms with van der Waals surface area (Å²) in [4.78, 5) is 18.7. The number of hydrogen-bond donors (Lipinski definition) is 1. The number of carbonyl (C=O) groups is 1. The molecule has 28 heavy (non-hydrogen) atoms. The number of carbonyl (C=O) groups excluding carboxylic acids is 1. The molecule has 0 atom stereocenters. The van der Waals surface area contributed by atoms with Crippen molar-refractivity contribution in [2.45, 2.75) is 39.8 Å². The SMILES string of the molecule is CCN(CC)CCNC(=O)c1cnn(-c2ccc(C(F)(F)F)cn2)c1C(C)C. The summed E-state index contributed by atoms with van der Waals surface area (Å²) in [6.45, 7) is 11.0. The van der Waals surface area contributed by atoms with Gasteiger partial charge in [-0.05, 0) is 31.1 Å². The second-order valence-corrected chi connectivity index (χ2v) is 6.70. The zero-order chi connectivity index (χ0) is 20.9. The van der Waals surface area contributed by atoms with Crippen molar-refractivity contribution >= 4 is 5.91 Å². The Labute approximate surface area is 162 Å². The molecule has 1 amide bonds. The number of pyridine rings is 1. The van der Waals surface area contributed by atoms with Crippen LogP contribution < -0.4 is 5.32 Å². The van der Waals surface area contributed by atoms with Crippen molar-refractivity contribution in [3.05, 3.63) is 41.3 Å². The van der Waals surface area contributed by atoms with E-state index in [1.165, 1.54) is 16.9 Å². The minimum atomic E-state index is -4.45. The lowest BCUT2D eigenvalue weighted by atomic mass is 10.1. The molecule has 2 rings (SSSR count). The van der Waals surface area contributed by atoms with Crippen LogP contribution in [-0.4, -0.2) is 51.8 Å². The first-order valence-electron chi connectivity index (χ1n) is 9.31. The van der Waals surface area contributed by atoms with Crippen molar-refractivity contribution < 1.29 is 18.0 Å². The summed E-state index contributed by atoms with van der Waals surface area (Å²) in [6, 6.07) is 2.21. The van der Waals surface area contributed by atoms with Crippen molar-refractivity contribution in [1.29, 1.82) is 0 Å². The molecule has 2 aromatic rings. The van der Waals surface area contributed by atoms with Gasteiger partial charge >= 0.3 is 6.18 Å². The second kappa shape index (κ2) is 9.18. The summed E-state index contributed by atoms with van der Waals surface area (Å²) < 4.78 is 39.7. The Morgan fingerprint density at radius 1 is 1.21 bits per heavy atom. The second-order valence-electron chi connectivity index (χ2n) is 6.70. The van der Waals surface area contributed by atoms with Crippen molar-refractivity contribution in [2.24, 2.45) is 0 Å². The number of nitrogens with zero attached hydrogens (tertiary/aromatic N) is 4. The molecule has 0 aliphatic rings. The van der Waals surface area contributed by atoms with Crippen LogP contribution in [0.3, 0.4) is 0 Å². The zero-order valence-electron chi connectivity index (χ0n) is 16.5. The first kappa shape index (κ1) is 21.9. The van der Waals surface area contributed by atoms with Crippen LogP contribution >= 0.6 is 0 Å². The Morgan fingerprint density at radius 3 is 2.39 bits per heavy atom. The molecule has 6 nitrogen and oxygen atoms in total. The topological polar surface area (TPSA) is 63.1 Å². The van der Waals surface area contributed by atoms with Gasteiger partial charge in [0.15, 0.2) is 5.82 Å². The lowest BCUT2D eigenvalue weighted by molar-refractivity contribution is -0.137. The maximum atomic E-state index is 12.7. The van der Waals surface area contributed by atoms with E-state index in [2.05, 4.69) is 34.1 Å². The lowest BCUT2D eigenvalue weighted by Gasteiger charge is -2.18. The Balaban J connectivity index is 2.22. The Bertz CT molecular complexity index is 780. The monoisotopic (exact) mass is 397 g/mol. The molecule has 0 unspecified atom stereocenters. The van der Waals surface area contributed by atoms with E-state index in [4.69, 9.17) is 0 Å². The van der Waals surface area contributed by atoms with Crippen LogP contribution in [0.5, 0.6) is 0 Å². The summed E-state index contributed by atoms with van der Waals surface area (Å²) in [6.07, 6.45) is -2.25. The Kier molecular flexibility index (Phi) is 7.17. The van der Waals surface area contributed by atoms with Gasteiger partial charge in [0.05, 0.1) is 23.0 Å². The van der Waals surface area contributed by atoms with Crippen LogP contribution in [-0.2, 0) is 6.18 Å². The fraction of sp³-hybridized carbons (Fsp3) is 0.526. The molecule has 0 spiro atoms. The molecule has 0 fully saturated rings. The third-order valence-electron chi connectivity index (χ3n) is 4.50. The number of rotatable bonds is 8. The number of amides is 1. The fourth-order valence-electron chi connectivity index (χ4n) is 2.91. The van der Waals surface area contributed by atoms with Crippen LogP contribution in [0.2, 0.25) is 0 Å². The highest BCUT2D eigenvalue weighted by atomic mass is 19.4. The van der Waals surface area contributed by atoms with Gasteiger partial charge in [-0.15, -0.1) is 0 Å². The van der Waals surface area contributed by atoms with Gasteiger partial charge in [-0.2, -0.15) is 18.3 Å². The number of alkyl halides is 3. The lowest BCUT2D eigenvalue weighted by Crippen LogP contribution is -2.35. The first-order chi connectivity index (χ1) is 13.2. The summed E-state index contributed by atoms with van der Waals surface area (Å²) >= 11 is 0. The third-order valence-corrected chi connectivity index (χ3v) is 4.50. The maximum Gasteiger partial charge on any atom is 0.417 e. The van der Waals surface area contributed by atoms with Crippen molar-refractivity contribution in [3.8, 4) is 5.82 Å². The van der Waals surface area contributed by atoms with E-state index in [9.17, 15) is 18.0 Å². The highest BCUT2D eigenvalue weighted by molar-refractivity contribution is 5.95. The summed E-state index contributed by atoms with van der Waals surface area (Å²) in [5.74, 6) is -0.0944. The molecule has 0 aliphatic heterocycles.